The SMILES string of the molecule is CCOC(=O)c1c(NC(=O)NCc2c(C(F)(F)F)sc3c2CCN(C)C3)sc2c1CCCC2. The van der Waals surface area contributed by atoms with Gasteiger partial charge in [-0.15, -0.1) is 22.7 Å². The highest BCUT2D eigenvalue weighted by Gasteiger charge is 2.39. The Balaban J connectivity index is 1.53. The Morgan fingerprint density at radius 2 is 1.85 bits per heavy atom. The molecule has 2 aliphatic rings. The number of nitrogens with one attached hydrogen (secondary N) is 2. The maximum Gasteiger partial charge on any atom is 0.425 e. The number of likely N-dealkylation sites (N-methyl/N-ethyl adjacent to an activating group) is 1. The van der Waals surface area contributed by atoms with Crippen molar-refractivity contribution in [3.63, 3.8) is 0 Å². The average molecular weight is 502 g/mol. The molecule has 33 heavy (non-hydrogen) atoms. The molecule has 2 amide bonds. The van der Waals surface area contributed by atoms with Gasteiger partial charge >= 0.3 is 18.2 Å². The van der Waals surface area contributed by atoms with Crippen LogP contribution in [0.1, 0.15) is 61.4 Å². The van der Waals surface area contributed by atoms with Gasteiger partial charge in [0.2, 0.25) is 0 Å². The van der Waals surface area contributed by atoms with Crippen LogP contribution >= 0.6 is 22.7 Å². The first kappa shape index (κ1) is 24.0. The van der Waals surface area contributed by atoms with Crippen molar-refractivity contribution in [3.8, 4) is 0 Å². The molecule has 4 rings (SSSR count). The minimum Gasteiger partial charge on any atom is -0.462 e. The molecule has 0 unspecified atom stereocenters. The molecule has 1 aliphatic carbocycles. The predicted molar refractivity (Wildman–Crippen MR) is 122 cm³/mol. The van der Waals surface area contributed by atoms with Crippen molar-refractivity contribution in [2.45, 2.75) is 58.3 Å². The highest BCUT2D eigenvalue weighted by molar-refractivity contribution is 7.17. The molecule has 0 spiro atoms. The first-order chi connectivity index (χ1) is 15.7. The van der Waals surface area contributed by atoms with Crippen molar-refractivity contribution in [3.05, 3.63) is 36.9 Å². The first-order valence-corrected chi connectivity index (χ1v) is 12.6. The number of carbonyl (C=O) groups is 2. The lowest BCUT2D eigenvalue weighted by Gasteiger charge is -2.23. The molecular formula is C22H26F3N3O3S2. The van der Waals surface area contributed by atoms with Gasteiger partial charge in [0.05, 0.1) is 12.2 Å². The van der Waals surface area contributed by atoms with Gasteiger partial charge in [-0.2, -0.15) is 13.2 Å². The number of amides is 2. The van der Waals surface area contributed by atoms with Gasteiger partial charge in [-0.05, 0) is 62.8 Å². The Kier molecular flexibility index (Phi) is 7.01. The van der Waals surface area contributed by atoms with E-state index in [0.29, 0.717) is 40.5 Å². The van der Waals surface area contributed by atoms with E-state index in [9.17, 15) is 22.8 Å². The molecule has 0 fully saturated rings. The number of halogens is 3. The number of hydrogen-bond acceptors (Lipinski definition) is 6. The van der Waals surface area contributed by atoms with Crippen molar-refractivity contribution in [2.24, 2.45) is 0 Å². The van der Waals surface area contributed by atoms with Crippen LogP contribution in [-0.4, -0.2) is 37.1 Å². The van der Waals surface area contributed by atoms with Crippen LogP contribution in [0.3, 0.4) is 0 Å². The molecule has 11 heteroatoms. The third-order valence-electron chi connectivity index (χ3n) is 5.92. The minimum absolute atomic E-state index is 0.141. The number of hydrogen-bond donors (Lipinski definition) is 2. The largest absolute Gasteiger partial charge is 0.462 e. The normalized spacial score (nSPS) is 16.2. The molecule has 2 aromatic heterocycles. The van der Waals surface area contributed by atoms with Crippen molar-refractivity contribution >= 4 is 39.7 Å². The molecule has 0 atom stereocenters. The second-order valence-electron chi connectivity index (χ2n) is 8.24. The minimum atomic E-state index is -4.47. The monoisotopic (exact) mass is 501 g/mol. The van der Waals surface area contributed by atoms with Crippen molar-refractivity contribution in [1.82, 2.24) is 10.2 Å². The fraction of sp³-hybridized carbons (Fsp3) is 0.545. The number of fused-ring (bicyclic) bond motifs is 2. The van der Waals surface area contributed by atoms with Crippen LogP contribution in [-0.2, 0) is 43.3 Å². The van der Waals surface area contributed by atoms with Gasteiger partial charge < -0.3 is 15.0 Å². The lowest BCUT2D eigenvalue weighted by atomic mass is 9.95. The van der Waals surface area contributed by atoms with Gasteiger partial charge in [0.15, 0.2) is 0 Å². The van der Waals surface area contributed by atoms with Gasteiger partial charge in [0.25, 0.3) is 0 Å². The van der Waals surface area contributed by atoms with Gasteiger partial charge in [0.1, 0.15) is 9.88 Å². The number of ether oxygens (including phenoxy) is 1. The van der Waals surface area contributed by atoms with Gasteiger partial charge in [0, 0.05) is 29.4 Å². The number of alkyl halides is 3. The van der Waals surface area contributed by atoms with Crippen LogP contribution in [0.15, 0.2) is 0 Å². The van der Waals surface area contributed by atoms with E-state index < -0.39 is 23.1 Å². The fourth-order valence-electron chi connectivity index (χ4n) is 4.40. The summed E-state index contributed by atoms with van der Waals surface area (Å²) in [6.07, 6.45) is -0.409. The van der Waals surface area contributed by atoms with Crippen LogP contribution in [0, 0.1) is 0 Å². The fourth-order valence-corrected chi connectivity index (χ4v) is 6.99. The van der Waals surface area contributed by atoms with Gasteiger partial charge in [-0.25, -0.2) is 9.59 Å². The molecule has 0 radical (unpaired) electrons. The zero-order chi connectivity index (χ0) is 23.8. The highest BCUT2D eigenvalue weighted by Crippen LogP contribution is 2.43. The average Bonchev–Trinajstić information content (AvgIpc) is 3.29. The Morgan fingerprint density at radius 1 is 1.09 bits per heavy atom. The van der Waals surface area contributed by atoms with Crippen LogP contribution in [0.2, 0.25) is 0 Å². The standard InChI is InChI=1S/C22H26F3N3O3S2/c1-3-31-20(29)17-13-6-4-5-7-15(13)33-19(17)27-21(30)26-10-14-12-8-9-28(2)11-16(12)32-18(14)22(23,24)25/h3-11H2,1-2H3,(H2,26,27,30). The summed E-state index contributed by atoms with van der Waals surface area (Å²) < 4.78 is 46.2. The molecular weight excluding hydrogens is 475 g/mol. The molecule has 0 aromatic carbocycles. The second-order valence-corrected chi connectivity index (χ2v) is 10.5. The molecule has 3 heterocycles. The van der Waals surface area contributed by atoms with E-state index in [1.54, 1.807) is 6.92 Å². The van der Waals surface area contributed by atoms with Crippen LogP contribution in [0.5, 0.6) is 0 Å². The van der Waals surface area contributed by atoms with E-state index in [4.69, 9.17) is 4.74 Å². The third kappa shape index (κ3) is 5.04. The summed E-state index contributed by atoms with van der Waals surface area (Å²) >= 11 is 2.10. The van der Waals surface area contributed by atoms with Crippen molar-refractivity contribution in [1.29, 1.82) is 0 Å². The summed E-state index contributed by atoms with van der Waals surface area (Å²) in [5, 5.41) is 5.67. The maximum absolute atomic E-state index is 13.7. The predicted octanol–water partition coefficient (Wildman–Crippen LogP) is 5.19. The second kappa shape index (κ2) is 9.63. The third-order valence-corrected chi connectivity index (χ3v) is 8.43. The van der Waals surface area contributed by atoms with E-state index in [1.807, 2.05) is 11.9 Å². The summed E-state index contributed by atoms with van der Waals surface area (Å²) in [5.74, 6) is -0.484. The summed E-state index contributed by atoms with van der Waals surface area (Å²) in [6.45, 7) is 2.85. The molecule has 0 bridgehead atoms. The van der Waals surface area contributed by atoms with E-state index >= 15 is 0 Å². The van der Waals surface area contributed by atoms with Crippen LogP contribution < -0.4 is 10.6 Å². The number of esters is 1. The molecule has 6 nitrogen and oxygen atoms in total. The van der Waals surface area contributed by atoms with Crippen LogP contribution in [0.4, 0.5) is 23.0 Å². The number of thiophene rings is 2. The first-order valence-electron chi connectivity index (χ1n) is 10.9. The topological polar surface area (TPSA) is 70.7 Å². The van der Waals surface area contributed by atoms with Gasteiger partial charge in [-0.3, -0.25) is 5.32 Å². The summed E-state index contributed by atoms with van der Waals surface area (Å²) in [6, 6.07) is -0.639. The molecule has 2 N–H and O–H groups in total. The highest BCUT2D eigenvalue weighted by atomic mass is 32.1. The van der Waals surface area contributed by atoms with Crippen molar-refractivity contribution in [2.75, 3.05) is 25.5 Å². The van der Waals surface area contributed by atoms with Gasteiger partial charge in [-0.1, -0.05) is 0 Å². The number of carbonyl (C=O) groups excluding carboxylic acids is 2. The molecule has 0 saturated carbocycles. The Morgan fingerprint density at radius 3 is 2.58 bits per heavy atom. The van der Waals surface area contributed by atoms with Crippen molar-refractivity contribution < 1.29 is 27.5 Å². The number of rotatable bonds is 5. The Hall–Kier alpha value is -2.11. The maximum atomic E-state index is 13.7. The van der Waals surface area contributed by atoms with Crippen LogP contribution in [0.25, 0.3) is 0 Å². The van der Waals surface area contributed by atoms with E-state index in [-0.39, 0.29) is 18.7 Å². The van der Waals surface area contributed by atoms with E-state index in [0.717, 1.165) is 47.5 Å². The zero-order valence-corrected chi connectivity index (χ0v) is 20.1. The number of urea groups is 1. The van der Waals surface area contributed by atoms with E-state index in [2.05, 4.69) is 10.6 Å². The summed E-state index contributed by atoms with van der Waals surface area (Å²) in [7, 11) is 1.88. The summed E-state index contributed by atoms with van der Waals surface area (Å²) in [5.41, 5.74) is 2.11. The molecule has 180 valence electrons. The summed E-state index contributed by atoms with van der Waals surface area (Å²) in [4.78, 5) is 28.3. The number of nitrogens with zero attached hydrogens (tertiary/aromatic N) is 1. The smallest absolute Gasteiger partial charge is 0.425 e. The Labute approximate surface area is 198 Å². The zero-order valence-electron chi connectivity index (χ0n) is 18.5. The molecule has 2 aromatic rings. The number of aryl methyl sites for hydroxylation is 1. The number of anilines is 1. The Bertz CT molecular complexity index is 1060. The molecule has 0 saturated heterocycles. The lowest BCUT2D eigenvalue weighted by molar-refractivity contribution is -0.135. The quantitative estimate of drug-likeness (QED) is 0.553. The molecule has 1 aliphatic heterocycles. The lowest BCUT2D eigenvalue weighted by Crippen LogP contribution is -2.30. The van der Waals surface area contributed by atoms with E-state index in [1.165, 1.54) is 11.3 Å².